The smallest absolute Gasteiger partial charge is 0.317 e. The number of urea groups is 1. The number of carbonyl (C=O) groups excluding carboxylic acids is 1. The topological polar surface area (TPSA) is 48.0 Å². The number of benzene rings is 1. The quantitative estimate of drug-likeness (QED) is 0.782. The zero-order valence-corrected chi connectivity index (χ0v) is 16.0. The molecule has 1 aromatic rings. The van der Waals surface area contributed by atoms with Gasteiger partial charge in [-0.2, -0.15) is 0 Å². The van der Waals surface area contributed by atoms with Gasteiger partial charge in [0, 0.05) is 52.4 Å². The van der Waals surface area contributed by atoms with Gasteiger partial charge in [-0.3, -0.25) is 9.80 Å². The van der Waals surface area contributed by atoms with Crippen molar-refractivity contribution in [2.45, 2.75) is 19.9 Å². The Morgan fingerprint density at radius 2 is 1.85 bits per heavy atom. The van der Waals surface area contributed by atoms with E-state index in [-0.39, 0.29) is 6.03 Å². The second-order valence-electron chi connectivity index (χ2n) is 7.29. The summed E-state index contributed by atoms with van der Waals surface area (Å²) in [5.74, 6) is 0. The molecule has 2 fully saturated rings. The third-order valence-electron chi connectivity index (χ3n) is 5.18. The van der Waals surface area contributed by atoms with Crippen LogP contribution in [0.5, 0.6) is 0 Å². The van der Waals surface area contributed by atoms with Crippen molar-refractivity contribution in [1.29, 1.82) is 0 Å². The fraction of sp³-hybridized carbons (Fsp3) is 0.650. The molecule has 0 bridgehead atoms. The number of piperazine rings is 1. The monoisotopic (exact) mass is 360 g/mol. The molecule has 2 saturated heterocycles. The van der Waals surface area contributed by atoms with Crippen molar-refractivity contribution >= 4 is 6.03 Å². The van der Waals surface area contributed by atoms with Gasteiger partial charge in [-0.1, -0.05) is 29.8 Å². The van der Waals surface area contributed by atoms with Gasteiger partial charge in [0.1, 0.15) is 0 Å². The lowest BCUT2D eigenvalue weighted by Crippen LogP contribution is -2.51. The van der Waals surface area contributed by atoms with Gasteiger partial charge in [0.25, 0.3) is 0 Å². The van der Waals surface area contributed by atoms with Crippen LogP contribution in [-0.2, 0) is 11.3 Å². The molecule has 2 heterocycles. The summed E-state index contributed by atoms with van der Waals surface area (Å²) >= 11 is 0. The first-order chi connectivity index (χ1) is 12.7. The molecule has 0 spiro atoms. The van der Waals surface area contributed by atoms with Crippen molar-refractivity contribution < 1.29 is 9.53 Å². The van der Waals surface area contributed by atoms with Crippen molar-refractivity contribution in [3.63, 3.8) is 0 Å². The molecule has 3 rings (SSSR count). The summed E-state index contributed by atoms with van der Waals surface area (Å²) in [6, 6.07) is 8.76. The van der Waals surface area contributed by atoms with Crippen molar-refractivity contribution in [1.82, 2.24) is 20.0 Å². The van der Waals surface area contributed by atoms with Gasteiger partial charge >= 0.3 is 6.03 Å². The maximum Gasteiger partial charge on any atom is 0.317 e. The van der Waals surface area contributed by atoms with Crippen LogP contribution in [0.25, 0.3) is 0 Å². The van der Waals surface area contributed by atoms with Crippen LogP contribution in [0.2, 0.25) is 0 Å². The second-order valence-corrected chi connectivity index (χ2v) is 7.29. The second kappa shape index (κ2) is 9.90. The lowest BCUT2D eigenvalue weighted by atomic mass is 10.1. The number of hydrogen-bond acceptors (Lipinski definition) is 4. The van der Waals surface area contributed by atoms with Crippen LogP contribution in [0.1, 0.15) is 17.5 Å². The van der Waals surface area contributed by atoms with Gasteiger partial charge in [-0.25, -0.2) is 4.79 Å². The summed E-state index contributed by atoms with van der Waals surface area (Å²) in [6.07, 6.45) is 0.999. The number of rotatable bonds is 6. The number of hydrogen-bond donors (Lipinski definition) is 1. The van der Waals surface area contributed by atoms with Crippen molar-refractivity contribution in [2.24, 2.45) is 0 Å². The molecule has 0 aromatic heterocycles. The Morgan fingerprint density at radius 1 is 1.08 bits per heavy atom. The normalized spacial score (nSPS) is 19.5. The molecule has 0 unspecified atom stereocenters. The molecule has 1 aromatic carbocycles. The van der Waals surface area contributed by atoms with E-state index in [1.807, 2.05) is 4.90 Å². The first-order valence-corrected chi connectivity index (χ1v) is 9.81. The minimum atomic E-state index is 0.0854. The summed E-state index contributed by atoms with van der Waals surface area (Å²) in [5.41, 5.74) is 2.66. The number of carbonyl (C=O) groups is 1. The van der Waals surface area contributed by atoms with Crippen LogP contribution in [0.3, 0.4) is 0 Å². The summed E-state index contributed by atoms with van der Waals surface area (Å²) in [4.78, 5) is 19.1. The molecular formula is C20H32N4O2. The van der Waals surface area contributed by atoms with E-state index in [1.165, 1.54) is 11.1 Å². The van der Waals surface area contributed by atoms with Crippen LogP contribution in [-0.4, -0.2) is 86.3 Å². The minimum Gasteiger partial charge on any atom is -0.379 e. The van der Waals surface area contributed by atoms with Crippen molar-refractivity contribution in [2.75, 3.05) is 65.6 Å². The highest BCUT2D eigenvalue weighted by molar-refractivity contribution is 5.74. The van der Waals surface area contributed by atoms with Gasteiger partial charge in [-0.15, -0.1) is 0 Å². The molecule has 26 heavy (non-hydrogen) atoms. The highest BCUT2D eigenvalue weighted by Crippen LogP contribution is 2.10. The molecule has 0 saturated carbocycles. The number of amides is 2. The van der Waals surface area contributed by atoms with E-state index in [4.69, 9.17) is 4.74 Å². The molecule has 0 radical (unpaired) electrons. The van der Waals surface area contributed by atoms with Crippen LogP contribution >= 0.6 is 0 Å². The number of nitrogens with zero attached hydrogens (tertiary/aromatic N) is 3. The van der Waals surface area contributed by atoms with Crippen LogP contribution in [0.4, 0.5) is 4.79 Å². The summed E-state index contributed by atoms with van der Waals surface area (Å²) < 4.78 is 5.35. The predicted octanol–water partition coefficient (Wildman–Crippen LogP) is 1.54. The Hall–Kier alpha value is -1.63. The van der Waals surface area contributed by atoms with Crippen LogP contribution in [0.15, 0.2) is 24.3 Å². The van der Waals surface area contributed by atoms with E-state index >= 15 is 0 Å². The van der Waals surface area contributed by atoms with Gasteiger partial charge < -0.3 is 15.0 Å². The zero-order valence-electron chi connectivity index (χ0n) is 16.0. The standard InChI is InChI=1S/C20H32N4O2/c1-18-4-2-5-19(16-18)17-23-8-10-24(11-9-23)20(25)21-6-3-7-22-12-14-26-15-13-22/h2,4-5,16H,3,6-15,17H2,1H3,(H,21,25). The molecule has 2 amide bonds. The van der Waals surface area contributed by atoms with Gasteiger partial charge in [0.2, 0.25) is 0 Å². The Kier molecular flexibility index (Phi) is 7.29. The molecule has 2 aliphatic rings. The Bertz CT molecular complexity index is 567. The van der Waals surface area contributed by atoms with Crippen LogP contribution in [0, 0.1) is 6.92 Å². The summed E-state index contributed by atoms with van der Waals surface area (Å²) in [7, 11) is 0. The van der Waals surface area contributed by atoms with E-state index in [0.717, 1.165) is 78.5 Å². The van der Waals surface area contributed by atoms with Crippen LogP contribution < -0.4 is 5.32 Å². The van der Waals surface area contributed by atoms with Gasteiger partial charge in [-0.05, 0) is 25.5 Å². The molecule has 1 N–H and O–H groups in total. The highest BCUT2D eigenvalue weighted by Gasteiger charge is 2.20. The zero-order chi connectivity index (χ0) is 18.2. The SMILES string of the molecule is Cc1cccc(CN2CCN(C(=O)NCCCN3CCOCC3)CC2)c1. The maximum atomic E-state index is 12.3. The maximum absolute atomic E-state index is 12.3. The Labute approximate surface area is 157 Å². The molecule has 0 aliphatic carbocycles. The van der Waals surface area contributed by atoms with E-state index in [2.05, 4.69) is 46.3 Å². The lowest BCUT2D eigenvalue weighted by Gasteiger charge is -2.34. The molecule has 6 heteroatoms. The first-order valence-electron chi connectivity index (χ1n) is 9.81. The number of ether oxygens (including phenoxy) is 1. The first kappa shape index (κ1) is 19.1. The molecule has 0 atom stereocenters. The molecule has 144 valence electrons. The molecule has 2 aliphatic heterocycles. The Balaban J connectivity index is 1.30. The fourth-order valence-corrected chi connectivity index (χ4v) is 3.61. The van der Waals surface area contributed by atoms with Crippen molar-refractivity contribution in [3.05, 3.63) is 35.4 Å². The van der Waals surface area contributed by atoms with E-state index in [1.54, 1.807) is 0 Å². The lowest BCUT2D eigenvalue weighted by molar-refractivity contribution is 0.0374. The number of morpholine rings is 1. The largest absolute Gasteiger partial charge is 0.379 e. The Morgan fingerprint density at radius 3 is 2.58 bits per heavy atom. The number of aryl methyl sites for hydroxylation is 1. The minimum absolute atomic E-state index is 0.0854. The van der Waals surface area contributed by atoms with E-state index < -0.39 is 0 Å². The molecule has 6 nitrogen and oxygen atoms in total. The van der Waals surface area contributed by atoms with Gasteiger partial charge in [0.05, 0.1) is 13.2 Å². The number of nitrogens with one attached hydrogen (secondary N) is 1. The van der Waals surface area contributed by atoms with E-state index in [0.29, 0.717) is 0 Å². The van der Waals surface area contributed by atoms with Crippen molar-refractivity contribution in [3.8, 4) is 0 Å². The van der Waals surface area contributed by atoms with Gasteiger partial charge in [0.15, 0.2) is 0 Å². The summed E-state index contributed by atoms with van der Waals surface area (Å²) in [5, 5.41) is 3.07. The average Bonchev–Trinajstić information content (AvgIpc) is 2.66. The third kappa shape index (κ3) is 5.97. The average molecular weight is 361 g/mol. The molecular weight excluding hydrogens is 328 g/mol. The fourth-order valence-electron chi connectivity index (χ4n) is 3.61. The predicted molar refractivity (Wildman–Crippen MR) is 103 cm³/mol. The summed E-state index contributed by atoms with van der Waals surface area (Å²) in [6.45, 7) is 12.1. The highest BCUT2D eigenvalue weighted by atomic mass is 16.5. The third-order valence-corrected chi connectivity index (χ3v) is 5.18. The van der Waals surface area contributed by atoms with E-state index in [9.17, 15) is 4.79 Å².